The zero-order valence-electron chi connectivity index (χ0n) is 23.2. The summed E-state index contributed by atoms with van der Waals surface area (Å²) in [7, 11) is 1.49. The zero-order chi connectivity index (χ0) is 28.4. The van der Waals surface area contributed by atoms with Crippen LogP contribution in [0, 0.1) is 5.92 Å². The number of hydrogen-bond acceptors (Lipinski definition) is 9. The van der Waals surface area contributed by atoms with Gasteiger partial charge in [-0.2, -0.15) is 0 Å². The summed E-state index contributed by atoms with van der Waals surface area (Å²) in [6.07, 6.45) is 6.52. The number of aliphatic hydroxyl groups excluding tert-OH is 1. The van der Waals surface area contributed by atoms with E-state index in [1.54, 1.807) is 30.6 Å². The van der Waals surface area contributed by atoms with Crippen molar-refractivity contribution in [2.24, 2.45) is 5.92 Å². The second kappa shape index (κ2) is 10.4. The molecule has 2 aromatic heterocycles. The lowest BCUT2D eigenvalue weighted by atomic mass is 10.1. The second-order valence-corrected chi connectivity index (χ2v) is 9.00. The second-order valence-electron chi connectivity index (χ2n) is 9.00. The topological polar surface area (TPSA) is 142 Å². The number of carbonyl (C=O) groups is 2. The molecule has 2 amide bonds. The van der Waals surface area contributed by atoms with E-state index in [-0.39, 0.29) is 35.0 Å². The summed E-state index contributed by atoms with van der Waals surface area (Å²) < 4.78 is 27.9. The number of para-hydroxylation sites is 1. The molecule has 1 saturated carbocycles. The van der Waals surface area contributed by atoms with E-state index in [2.05, 4.69) is 25.6 Å². The lowest BCUT2D eigenvalue weighted by Crippen LogP contribution is -2.21. The van der Waals surface area contributed by atoms with E-state index in [9.17, 15) is 14.7 Å². The van der Waals surface area contributed by atoms with E-state index >= 15 is 0 Å². The number of methoxy groups -OCH3 is 1. The predicted molar refractivity (Wildman–Crippen MR) is 139 cm³/mol. The molecule has 1 aromatic carbocycles. The highest BCUT2D eigenvalue weighted by Gasteiger charge is 2.30. The first-order chi connectivity index (χ1) is 19.1. The van der Waals surface area contributed by atoms with Crippen LogP contribution >= 0.6 is 0 Å². The fraction of sp³-hybridized carbons (Fsp3) is 0.346. The molecule has 1 aliphatic carbocycles. The number of rotatable bonds is 8. The van der Waals surface area contributed by atoms with Crippen LogP contribution in [0.1, 0.15) is 33.7 Å². The van der Waals surface area contributed by atoms with Crippen LogP contribution in [0.15, 0.2) is 42.9 Å². The highest BCUT2D eigenvalue weighted by atomic mass is 16.5. The summed E-state index contributed by atoms with van der Waals surface area (Å²) >= 11 is 0. The molecule has 0 unspecified atom stereocenters. The Morgan fingerprint density at radius 1 is 1.14 bits per heavy atom. The van der Waals surface area contributed by atoms with E-state index in [4.69, 9.17) is 8.85 Å². The van der Waals surface area contributed by atoms with Gasteiger partial charge < -0.3 is 30.7 Å². The molecular formula is C26H29N7O4. The van der Waals surface area contributed by atoms with Crippen LogP contribution in [-0.2, 0) is 4.79 Å². The number of hydrogen-bond donors (Lipinski definition) is 4. The molecule has 11 nitrogen and oxygen atoms in total. The molecule has 5 rings (SSSR count). The van der Waals surface area contributed by atoms with Crippen molar-refractivity contribution < 1.29 is 23.5 Å². The Morgan fingerprint density at radius 2 is 1.95 bits per heavy atom. The van der Waals surface area contributed by atoms with Gasteiger partial charge in [0.2, 0.25) is 5.91 Å². The molecule has 11 heteroatoms. The molecule has 37 heavy (non-hydrogen) atoms. The van der Waals surface area contributed by atoms with Crippen LogP contribution in [0.5, 0.6) is 5.75 Å². The number of anilines is 4. The van der Waals surface area contributed by atoms with Crippen molar-refractivity contribution in [3.63, 3.8) is 0 Å². The Kier molecular flexibility index (Phi) is 5.87. The molecule has 1 saturated heterocycles. The van der Waals surface area contributed by atoms with E-state index in [1.807, 2.05) is 10.2 Å². The van der Waals surface area contributed by atoms with Crippen molar-refractivity contribution in [3.8, 4) is 17.1 Å². The average Bonchev–Trinajstić information content (AvgIpc) is 3.68. The molecule has 1 aliphatic heterocycles. The monoisotopic (exact) mass is 506 g/mol. The molecule has 0 bridgehead atoms. The van der Waals surface area contributed by atoms with Crippen LogP contribution in [0.3, 0.4) is 0 Å². The number of nitrogens with zero attached hydrogens (tertiary/aromatic N) is 4. The number of aliphatic hydroxyl groups is 1. The minimum absolute atomic E-state index is 0.0404. The van der Waals surface area contributed by atoms with Crippen molar-refractivity contribution in [1.82, 2.24) is 20.3 Å². The minimum atomic E-state index is -2.71. The van der Waals surface area contributed by atoms with Crippen LogP contribution in [0.25, 0.3) is 11.4 Å². The minimum Gasteiger partial charge on any atom is -0.494 e. The number of amides is 2. The Labute approximate surface area is 218 Å². The van der Waals surface area contributed by atoms with Crippen molar-refractivity contribution >= 4 is 34.7 Å². The van der Waals surface area contributed by atoms with Crippen LogP contribution in [0.2, 0.25) is 0 Å². The summed E-state index contributed by atoms with van der Waals surface area (Å²) in [6.45, 7) is -1.46. The fourth-order valence-electron chi connectivity index (χ4n) is 4.23. The van der Waals surface area contributed by atoms with Gasteiger partial charge in [0.1, 0.15) is 5.82 Å². The van der Waals surface area contributed by atoms with Crippen LogP contribution in [-0.4, -0.2) is 65.2 Å². The van der Waals surface area contributed by atoms with Gasteiger partial charge in [-0.1, -0.05) is 6.07 Å². The highest BCUT2D eigenvalue weighted by Crippen LogP contribution is 2.38. The first-order valence-corrected chi connectivity index (χ1v) is 11.9. The maximum absolute atomic E-state index is 12.8. The molecule has 2 aliphatic rings. The molecule has 1 atom stereocenters. The highest BCUT2D eigenvalue weighted by molar-refractivity contribution is 6.01. The SMILES string of the molecule is [2H]C([2H])([2H])NC(=O)c1cnc(NC(=O)C2CC2)cc1Nc1cccc(-c2ncc(N3CC[C@H](O)C3)cn2)c1OC. The van der Waals surface area contributed by atoms with Gasteiger partial charge in [-0.3, -0.25) is 9.59 Å². The molecule has 3 aromatic rings. The molecule has 0 spiro atoms. The van der Waals surface area contributed by atoms with E-state index in [0.717, 1.165) is 25.1 Å². The van der Waals surface area contributed by atoms with Crippen LogP contribution < -0.4 is 25.6 Å². The van der Waals surface area contributed by atoms with E-state index in [1.165, 1.54) is 19.4 Å². The number of benzene rings is 1. The van der Waals surface area contributed by atoms with Gasteiger partial charge in [0.15, 0.2) is 11.6 Å². The third-order valence-electron chi connectivity index (χ3n) is 6.36. The summed E-state index contributed by atoms with van der Waals surface area (Å²) in [4.78, 5) is 40.3. The maximum atomic E-state index is 12.8. The summed E-state index contributed by atoms with van der Waals surface area (Å²) in [5, 5.41) is 17.7. The van der Waals surface area contributed by atoms with Gasteiger partial charge in [-0.05, 0) is 31.4 Å². The fourth-order valence-corrected chi connectivity index (χ4v) is 4.23. The largest absolute Gasteiger partial charge is 0.494 e. The third-order valence-corrected chi connectivity index (χ3v) is 6.36. The number of aromatic nitrogens is 3. The molecular weight excluding hydrogens is 474 g/mol. The zero-order valence-corrected chi connectivity index (χ0v) is 20.2. The number of ether oxygens (including phenoxy) is 1. The molecule has 4 N–H and O–H groups in total. The van der Waals surface area contributed by atoms with Gasteiger partial charge in [0, 0.05) is 42.4 Å². The van der Waals surface area contributed by atoms with Gasteiger partial charge in [-0.25, -0.2) is 15.0 Å². The number of β-amino-alcohol motifs (C(OH)–C–C–N with tert-alkyl or cyclic N) is 1. The Morgan fingerprint density at radius 3 is 2.62 bits per heavy atom. The van der Waals surface area contributed by atoms with Crippen molar-refractivity contribution in [3.05, 3.63) is 48.4 Å². The molecule has 3 heterocycles. The van der Waals surface area contributed by atoms with Crippen molar-refractivity contribution in [2.45, 2.75) is 25.4 Å². The summed E-state index contributed by atoms with van der Waals surface area (Å²) in [6, 6.07) is 6.73. The van der Waals surface area contributed by atoms with Gasteiger partial charge in [-0.15, -0.1) is 0 Å². The average molecular weight is 507 g/mol. The number of nitrogens with one attached hydrogen (secondary N) is 3. The van der Waals surface area contributed by atoms with Gasteiger partial charge in [0.25, 0.3) is 5.91 Å². The summed E-state index contributed by atoms with van der Waals surface area (Å²) in [5.41, 5.74) is 1.99. The number of pyridine rings is 1. The first-order valence-electron chi connectivity index (χ1n) is 13.4. The number of carbonyl (C=O) groups excluding carboxylic acids is 2. The lowest BCUT2D eigenvalue weighted by Gasteiger charge is -2.18. The predicted octanol–water partition coefficient (Wildman–Crippen LogP) is 2.57. The standard InChI is InChI=1S/C26H29N7O4/c1-27-26(36)19-13-28-22(32-25(35)15-6-7-15)10-21(19)31-20-5-3-4-18(23(20)37-2)24-29-11-16(12-30-24)33-9-8-17(34)14-33/h3-5,10-13,15,17,34H,6-9,14H2,1-2H3,(H,27,36)(H2,28,31,32,35)/t17-/m0/s1/i1D3. The Bertz CT molecular complexity index is 1410. The molecule has 192 valence electrons. The third kappa shape index (κ3) is 5.31. The maximum Gasteiger partial charge on any atom is 0.254 e. The van der Waals surface area contributed by atoms with Gasteiger partial charge in [0.05, 0.1) is 53.8 Å². The molecule has 0 radical (unpaired) electrons. The van der Waals surface area contributed by atoms with Crippen LogP contribution in [0.4, 0.5) is 22.9 Å². The lowest BCUT2D eigenvalue weighted by molar-refractivity contribution is -0.117. The first kappa shape index (κ1) is 20.9. The summed E-state index contributed by atoms with van der Waals surface area (Å²) in [5.74, 6) is -0.0925. The normalized spacial score (nSPS) is 18.4. The van der Waals surface area contributed by atoms with Gasteiger partial charge >= 0.3 is 0 Å². The van der Waals surface area contributed by atoms with E-state index < -0.39 is 12.9 Å². The van der Waals surface area contributed by atoms with Crippen molar-refractivity contribution in [1.29, 1.82) is 0 Å². The molecule has 2 fully saturated rings. The van der Waals surface area contributed by atoms with Crippen molar-refractivity contribution in [2.75, 3.05) is 42.7 Å². The quantitative estimate of drug-likeness (QED) is 0.363. The Hall–Kier alpha value is -4.25. The van der Waals surface area contributed by atoms with E-state index in [0.29, 0.717) is 35.8 Å². The smallest absolute Gasteiger partial charge is 0.254 e. The Balaban J connectivity index is 1.46.